The molecular formula is C30H37ClN3O3+. The summed E-state index contributed by atoms with van der Waals surface area (Å²) >= 11 is 6.35. The summed E-state index contributed by atoms with van der Waals surface area (Å²) in [4.78, 5) is 4.87. The minimum Gasteiger partial charge on any atom is -0.484 e. The topological polar surface area (TPSA) is 68.4 Å². The molecule has 0 amide bonds. The third-order valence-corrected chi connectivity index (χ3v) is 9.57. The number of ether oxygens (including phenoxy) is 1. The summed E-state index contributed by atoms with van der Waals surface area (Å²) in [5, 5.41) is 17.3. The lowest BCUT2D eigenvalue weighted by molar-refractivity contribution is -0.959. The molecule has 3 saturated heterocycles. The van der Waals surface area contributed by atoms with Gasteiger partial charge in [0.25, 0.3) is 5.89 Å². The fourth-order valence-electron chi connectivity index (χ4n) is 6.92. The Morgan fingerprint density at radius 1 is 1.05 bits per heavy atom. The summed E-state index contributed by atoms with van der Waals surface area (Å²) in [6.07, 6.45) is 7.81. The first-order chi connectivity index (χ1) is 18.0. The van der Waals surface area contributed by atoms with Gasteiger partial charge < -0.3 is 18.8 Å². The van der Waals surface area contributed by atoms with Gasteiger partial charge in [-0.3, -0.25) is 0 Å². The molecule has 37 heavy (non-hydrogen) atoms. The van der Waals surface area contributed by atoms with E-state index in [1.807, 2.05) is 55.5 Å². The van der Waals surface area contributed by atoms with Crippen LogP contribution in [-0.4, -0.2) is 45.5 Å². The second kappa shape index (κ2) is 10.0. The maximum Gasteiger partial charge on any atom is 0.282 e. The molecule has 3 aromatic rings. The van der Waals surface area contributed by atoms with Crippen LogP contribution in [0.15, 0.2) is 53.1 Å². The molecule has 7 rings (SSSR count). The highest BCUT2D eigenvalue weighted by Gasteiger charge is 2.49. The van der Waals surface area contributed by atoms with Crippen molar-refractivity contribution in [3.63, 3.8) is 0 Å². The zero-order valence-electron chi connectivity index (χ0n) is 21.6. The van der Waals surface area contributed by atoms with Gasteiger partial charge in [-0.1, -0.05) is 72.4 Å². The number of aliphatic hydroxyl groups is 1. The van der Waals surface area contributed by atoms with E-state index in [0.717, 1.165) is 84.5 Å². The largest absolute Gasteiger partial charge is 0.484 e. The zero-order chi connectivity index (χ0) is 25.5. The number of aromatic nitrogens is 2. The molecule has 1 saturated carbocycles. The van der Waals surface area contributed by atoms with Crippen LogP contribution in [-0.2, 0) is 12.1 Å². The minimum absolute atomic E-state index is 0.0889. The predicted octanol–water partition coefficient (Wildman–Crippen LogP) is 6.04. The third kappa shape index (κ3) is 4.80. The van der Waals surface area contributed by atoms with Crippen LogP contribution < -0.4 is 4.74 Å². The second-order valence-corrected chi connectivity index (χ2v) is 11.9. The average Bonchev–Trinajstić information content (AvgIpc) is 3.40. The van der Waals surface area contributed by atoms with Crippen molar-refractivity contribution in [1.29, 1.82) is 0 Å². The highest BCUT2D eigenvalue weighted by molar-refractivity contribution is 6.31. The molecule has 0 radical (unpaired) electrons. The average molecular weight is 523 g/mol. The van der Waals surface area contributed by atoms with E-state index in [1.165, 1.54) is 6.42 Å². The highest BCUT2D eigenvalue weighted by Crippen LogP contribution is 2.43. The van der Waals surface area contributed by atoms with Crippen LogP contribution in [0.1, 0.15) is 67.8 Å². The molecule has 3 aliphatic heterocycles. The van der Waals surface area contributed by atoms with Gasteiger partial charge in [-0.15, -0.1) is 0 Å². The van der Waals surface area contributed by atoms with Crippen molar-refractivity contribution in [1.82, 2.24) is 10.1 Å². The molecule has 1 unspecified atom stereocenters. The number of rotatable bonds is 7. The lowest BCUT2D eigenvalue weighted by Gasteiger charge is -2.51. The van der Waals surface area contributed by atoms with E-state index in [1.54, 1.807) is 0 Å². The normalized spacial score (nSPS) is 27.6. The van der Waals surface area contributed by atoms with E-state index in [0.29, 0.717) is 24.2 Å². The van der Waals surface area contributed by atoms with Crippen LogP contribution in [0.2, 0.25) is 5.02 Å². The molecule has 196 valence electrons. The molecule has 1 N–H and O–H groups in total. The van der Waals surface area contributed by atoms with Crippen LogP contribution in [0.25, 0.3) is 0 Å². The summed E-state index contributed by atoms with van der Waals surface area (Å²) in [5.41, 5.74) is 0.682. The molecule has 2 aromatic carbocycles. The minimum atomic E-state index is -1.23. The number of hydrogen-bond donors (Lipinski definition) is 1. The molecule has 4 heterocycles. The standard InChI is InChI=1S/C30H37ClN3O3/c1-21-12-13-25(18-26(21)31)36-27-19-34(16-14-22(27)15-17-34)20-28-32-29(33-37-28)30(35,23-8-4-2-5-9-23)24-10-6-3-7-11-24/h2,4-5,8-9,12-13,18,22,24,27,35H,3,6-7,10-11,14-17,19-20H2,1H3/q+1/t22?,27?,30-,34?/m0/s1. The first kappa shape index (κ1) is 24.9. The van der Waals surface area contributed by atoms with Gasteiger partial charge in [0.1, 0.15) is 12.3 Å². The molecule has 4 fully saturated rings. The molecule has 1 aliphatic carbocycles. The van der Waals surface area contributed by atoms with Gasteiger partial charge in [-0.05, 0) is 48.9 Å². The smallest absolute Gasteiger partial charge is 0.282 e. The number of hydrogen-bond acceptors (Lipinski definition) is 5. The number of aryl methyl sites for hydroxylation is 1. The molecule has 2 atom stereocenters. The van der Waals surface area contributed by atoms with Gasteiger partial charge in [-0.2, -0.15) is 4.98 Å². The van der Waals surface area contributed by atoms with Crippen LogP contribution in [0, 0.1) is 18.8 Å². The maximum atomic E-state index is 12.2. The first-order valence-corrected chi connectivity index (χ1v) is 14.2. The highest BCUT2D eigenvalue weighted by atomic mass is 35.5. The maximum absolute atomic E-state index is 12.2. The Morgan fingerprint density at radius 3 is 2.54 bits per heavy atom. The quantitative estimate of drug-likeness (QED) is 0.383. The van der Waals surface area contributed by atoms with Crippen molar-refractivity contribution in [2.45, 2.75) is 70.1 Å². The SMILES string of the molecule is Cc1ccc(OC2C[N+]3(Cc4nc([C@](O)(c5ccccc5)C5CCCCC5)no4)CCC2CC3)cc1Cl. The molecule has 1 aromatic heterocycles. The Hall–Kier alpha value is -2.41. The number of halogens is 1. The van der Waals surface area contributed by atoms with E-state index >= 15 is 0 Å². The number of nitrogens with zero attached hydrogens (tertiary/aromatic N) is 3. The number of benzene rings is 2. The monoisotopic (exact) mass is 522 g/mol. The zero-order valence-corrected chi connectivity index (χ0v) is 22.4. The lowest BCUT2D eigenvalue weighted by Crippen LogP contribution is -2.64. The van der Waals surface area contributed by atoms with Crippen molar-refractivity contribution < 1.29 is 18.8 Å². The summed E-state index contributed by atoms with van der Waals surface area (Å²) in [6.45, 7) is 5.76. The molecule has 0 spiro atoms. The number of quaternary nitrogens is 1. The van der Waals surface area contributed by atoms with Gasteiger partial charge >= 0.3 is 0 Å². The van der Waals surface area contributed by atoms with Crippen LogP contribution in [0.5, 0.6) is 5.75 Å². The third-order valence-electron chi connectivity index (χ3n) is 9.16. The molecule has 7 heteroatoms. The van der Waals surface area contributed by atoms with Gasteiger partial charge in [0, 0.05) is 23.8 Å². The molecule has 6 nitrogen and oxygen atoms in total. The van der Waals surface area contributed by atoms with Crippen LogP contribution >= 0.6 is 11.6 Å². The summed E-state index contributed by atoms with van der Waals surface area (Å²) in [7, 11) is 0. The van der Waals surface area contributed by atoms with Crippen molar-refractivity contribution in [2.75, 3.05) is 19.6 Å². The summed E-state index contributed by atoms with van der Waals surface area (Å²) < 4.78 is 13.2. The van der Waals surface area contributed by atoms with Crippen molar-refractivity contribution >= 4 is 11.6 Å². The Kier molecular flexibility index (Phi) is 6.76. The first-order valence-electron chi connectivity index (χ1n) is 13.8. The van der Waals surface area contributed by atoms with E-state index in [2.05, 4.69) is 5.16 Å². The molecule has 4 aliphatic rings. The molecular weight excluding hydrogens is 486 g/mol. The Labute approximate surface area is 224 Å². The Morgan fingerprint density at radius 2 is 1.81 bits per heavy atom. The fourth-order valence-corrected chi connectivity index (χ4v) is 7.09. The van der Waals surface area contributed by atoms with E-state index in [9.17, 15) is 5.11 Å². The van der Waals surface area contributed by atoms with Crippen molar-refractivity contribution in [3.8, 4) is 5.75 Å². The number of piperidine rings is 3. The van der Waals surface area contributed by atoms with Crippen LogP contribution in [0.3, 0.4) is 0 Å². The Bertz CT molecular complexity index is 1220. The van der Waals surface area contributed by atoms with Gasteiger partial charge in [-0.25, -0.2) is 0 Å². The second-order valence-electron chi connectivity index (χ2n) is 11.5. The van der Waals surface area contributed by atoms with E-state index in [-0.39, 0.29) is 12.0 Å². The fraction of sp³-hybridized carbons (Fsp3) is 0.533. The summed E-state index contributed by atoms with van der Waals surface area (Å²) in [5.74, 6) is 2.51. The Balaban J connectivity index is 1.23. The lowest BCUT2D eigenvalue weighted by atomic mass is 9.73. The van der Waals surface area contributed by atoms with E-state index in [4.69, 9.17) is 25.8 Å². The van der Waals surface area contributed by atoms with Crippen molar-refractivity contribution in [3.05, 3.63) is 76.4 Å². The number of fused-ring (bicyclic) bond motifs is 3. The van der Waals surface area contributed by atoms with Crippen molar-refractivity contribution in [2.24, 2.45) is 11.8 Å². The predicted molar refractivity (Wildman–Crippen MR) is 142 cm³/mol. The van der Waals surface area contributed by atoms with E-state index < -0.39 is 5.60 Å². The van der Waals surface area contributed by atoms with Gasteiger partial charge in [0.05, 0.1) is 13.1 Å². The molecule has 2 bridgehead atoms. The van der Waals surface area contributed by atoms with Gasteiger partial charge in [0.15, 0.2) is 18.2 Å². The summed E-state index contributed by atoms with van der Waals surface area (Å²) in [6, 6.07) is 15.9. The van der Waals surface area contributed by atoms with Crippen LogP contribution in [0.4, 0.5) is 0 Å². The van der Waals surface area contributed by atoms with Gasteiger partial charge in [0.2, 0.25) is 5.82 Å².